The minimum absolute atomic E-state index is 0.0430. The molecule has 164 valence electrons. The van der Waals surface area contributed by atoms with E-state index < -0.39 is 18.5 Å². The average Bonchev–Trinajstić information content (AvgIpc) is 3.44. The Kier molecular flexibility index (Phi) is 4.53. The van der Waals surface area contributed by atoms with Crippen molar-refractivity contribution in [1.82, 2.24) is 39.3 Å². The van der Waals surface area contributed by atoms with Crippen LogP contribution in [0.4, 0.5) is 13.2 Å². The molecule has 0 saturated heterocycles. The summed E-state index contributed by atoms with van der Waals surface area (Å²) >= 11 is 0. The number of aryl methyl sites for hydroxylation is 1. The summed E-state index contributed by atoms with van der Waals surface area (Å²) in [6.07, 6.45) is -0.851. The lowest BCUT2D eigenvalue weighted by Crippen LogP contribution is -2.11. The fourth-order valence-electron chi connectivity index (χ4n) is 3.50. The fourth-order valence-corrected chi connectivity index (χ4v) is 3.50. The van der Waals surface area contributed by atoms with Crippen molar-refractivity contribution in [3.63, 3.8) is 0 Å². The molecule has 0 aliphatic rings. The molecule has 0 amide bonds. The predicted octanol–water partition coefficient (Wildman–Crippen LogP) is 2.99. The van der Waals surface area contributed by atoms with Gasteiger partial charge >= 0.3 is 6.18 Å². The van der Waals surface area contributed by atoms with Crippen LogP contribution in [0, 0.1) is 6.92 Å². The Balaban J connectivity index is 1.55. The molecule has 10 nitrogen and oxygen atoms in total. The van der Waals surface area contributed by atoms with Crippen LogP contribution >= 0.6 is 0 Å². The van der Waals surface area contributed by atoms with E-state index in [9.17, 15) is 13.2 Å². The minimum atomic E-state index is -4.43. The second-order valence-corrected chi connectivity index (χ2v) is 6.99. The van der Waals surface area contributed by atoms with E-state index in [-0.39, 0.29) is 12.4 Å². The monoisotopic (exact) mass is 444 g/mol. The number of methoxy groups -OCH3 is 1. The molecule has 13 heteroatoms. The summed E-state index contributed by atoms with van der Waals surface area (Å²) in [6, 6.07) is 3.74. The van der Waals surface area contributed by atoms with Crippen molar-refractivity contribution in [3.8, 4) is 17.0 Å². The lowest BCUT2D eigenvalue weighted by molar-refractivity contribution is -0.130. The van der Waals surface area contributed by atoms with E-state index in [4.69, 9.17) is 9.15 Å². The summed E-state index contributed by atoms with van der Waals surface area (Å²) in [7, 11) is 1.52. The van der Waals surface area contributed by atoms with Crippen molar-refractivity contribution in [2.45, 2.75) is 26.1 Å². The van der Waals surface area contributed by atoms with E-state index in [1.807, 2.05) is 12.1 Å². The number of ether oxygens (including phenoxy) is 1. The molecule has 0 N–H and O–H groups in total. The van der Waals surface area contributed by atoms with E-state index in [1.54, 1.807) is 28.4 Å². The molecule has 5 heterocycles. The Morgan fingerprint density at radius 1 is 1.16 bits per heavy atom. The van der Waals surface area contributed by atoms with E-state index in [0.29, 0.717) is 28.4 Å². The molecular weight excluding hydrogens is 429 g/mol. The van der Waals surface area contributed by atoms with Crippen molar-refractivity contribution in [3.05, 3.63) is 48.5 Å². The first-order valence-electron chi connectivity index (χ1n) is 9.40. The van der Waals surface area contributed by atoms with Crippen molar-refractivity contribution >= 4 is 16.7 Å². The number of fused-ring (bicyclic) bond motifs is 2. The number of alkyl halides is 3. The highest BCUT2D eigenvalue weighted by Crippen LogP contribution is 2.31. The first kappa shape index (κ1) is 19.9. The minimum Gasteiger partial charge on any atom is -0.479 e. The molecular formula is C19H15F3N8O2. The zero-order chi connectivity index (χ0) is 22.5. The summed E-state index contributed by atoms with van der Waals surface area (Å²) in [5.41, 5.74) is 3.37. The molecule has 32 heavy (non-hydrogen) atoms. The van der Waals surface area contributed by atoms with Gasteiger partial charge in [-0.05, 0) is 19.1 Å². The second-order valence-electron chi connectivity index (χ2n) is 6.99. The number of halogens is 3. The molecule has 0 aromatic carbocycles. The number of hydrogen-bond acceptors (Lipinski definition) is 8. The van der Waals surface area contributed by atoms with Crippen molar-refractivity contribution in [2.75, 3.05) is 7.11 Å². The standard InChI is InChI=1S/C19H15F3N8O2/c1-10-26-17-13(29(10)8-15-28-27-14(32-15)6-19(20,21)22)5-11(7-23-17)12-3-4-30-16(12)18(31-2)24-9-25-30/h3-5,7,9H,6,8H2,1-2H3. The molecule has 0 bridgehead atoms. The van der Waals surface area contributed by atoms with Crippen LogP contribution in [0.25, 0.3) is 27.8 Å². The van der Waals surface area contributed by atoms with Gasteiger partial charge in [0, 0.05) is 23.5 Å². The smallest absolute Gasteiger partial charge is 0.397 e. The first-order valence-corrected chi connectivity index (χ1v) is 9.40. The summed E-state index contributed by atoms with van der Waals surface area (Å²) in [5.74, 6) is 0.568. The molecule has 0 spiro atoms. The number of hydrogen-bond donors (Lipinski definition) is 0. The van der Waals surface area contributed by atoms with Gasteiger partial charge in [-0.1, -0.05) is 0 Å². The summed E-state index contributed by atoms with van der Waals surface area (Å²) in [5, 5.41) is 11.4. The van der Waals surface area contributed by atoms with E-state index >= 15 is 0 Å². The molecule has 0 fully saturated rings. The SMILES string of the molecule is COc1ncnn2ccc(-c3cnc4nc(C)n(Cc5nnc(CC(F)(F)F)o5)c4c3)c12. The molecule has 5 rings (SSSR count). The van der Waals surface area contributed by atoms with Gasteiger partial charge in [0.25, 0.3) is 0 Å². The number of nitrogens with zero attached hydrogens (tertiary/aromatic N) is 8. The Hall–Kier alpha value is -4.03. The summed E-state index contributed by atoms with van der Waals surface area (Å²) < 4.78 is 51.7. The molecule has 5 aromatic heterocycles. The molecule has 0 unspecified atom stereocenters. The maximum Gasteiger partial charge on any atom is 0.397 e. The normalized spacial score (nSPS) is 12.2. The lowest BCUT2D eigenvalue weighted by atomic mass is 10.1. The Bertz CT molecular complexity index is 1440. The van der Waals surface area contributed by atoms with Crippen LogP contribution in [0.2, 0.25) is 0 Å². The maximum absolute atomic E-state index is 12.6. The molecule has 0 aliphatic carbocycles. The fraction of sp³-hybridized carbons (Fsp3) is 0.263. The van der Waals surface area contributed by atoms with Crippen molar-refractivity contribution in [2.24, 2.45) is 0 Å². The maximum atomic E-state index is 12.6. The van der Waals surface area contributed by atoms with Gasteiger partial charge in [-0.15, -0.1) is 10.2 Å². The van der Waals surface area contributed by atoms with Crippen LogP contribution < -0.4 is 4.74 Å². The van der Waals surface area contributed by atoms with Crippen LogP contribution in [0.1, 0.15) is 17.6 Å². The molecule has 0 aliphatic heterocycles. The van der Waals surface area contributed by atoms with Gasteiger partial charge in [0.05, 0.1) is 12.6 Å². The highest BCUT2D eigenvalue weighted by molar-refractivity contribution is 5.87. The zero-order valence-corrected chi connectivity index (χ0v) is 16.8. The van der Waals surface area contributed by atoms with E-state index in [2.05, 4.69) is 30.2 Å². The van der Waals surface area contributed by atoms with Gasteiger partial charge in [-0.2, -0.15) is 23.3 Å². The topological polar surface area (TPSA) is 109 Å². The van der Waals surface area contributed by atoms with Crippen molar-refractivity contribution < 1.29 is 22.3 Å². The number of rotatable bonds is 5. The van der Waals surface area contributed by atoms with Crippen molar-refractivity contribution in [1.29, 1.82) is 0 Å². The Morgan fingerprint density at radius 2 is 1.97 bits per heavy atom. The largest absolute Gasteiger partial charge is 0.479 e. The van der Waals surface area contributed by atoms with Gasteiger partial charge in [0.2, 0.25) is 17.7 Å². The van der Waals surface area contributed by atoms with Crippen LogP contribution in [0.5, 0.6) is 5.88 Å². The average molecular weight is 444 g/mol. The van der Waals surface area contributed by atoms with Gasteiger partial charge in [0.15, 0.2) is 5.65 Å². The van der Waals surface area contributed by atoms with Gasteiger partial charge < -0.3 is 13.7 Å². The van der Waals surface area contributed by atoms with Crippen LogP contribution in [0.3, 0.4) is 0 Å². The zero-order valence-electron chi connectivity index (χ0n) is 16.8. The molecule has 5 aromatic rings. The highest BCUT2D eigenvalue weighted by Gasteiger charge is 2.31. The molecule has 0 saturated carbocycles. The molecule has 0 atom stereocenters. The third kappa shape index (κ3) is 3.50. The summed E-state index contributed by atoms with van der Waals surface area (Å²) in [6.45, 7) is 1.82. The highest BCUT2D eigenvalue weighted by atomic mass is 19.4. The quantitative estimate of drug-likeness (QED) is 0.407. The van der Waals surface area contributed by atoms with E-state index in [0.717, 1.165) is 11.1 Å². The van der Waals surface area contributed by atoms with Gasteiger partial charge in [0.1, 0.15) is 30.6 Å². The van der Waals surface area contributed by atoms with Crippen LogP contribution in [-0.2, 0) is 13.0 Å². The third-order valence-corrected chi connectivity index (χ3v) is 4.87. The summed E-state index contributed by atoms with van der Waals surface area (Å²) in [4.78, 5) is 13.0. The first-order chi connectivity index (χ1) is 15.3. The van der Waals surface area contributed by atoms with Crippen LogP contribution in [0.15, 0.2) is 35.3 Å². The van der Waals surface area contributed by atoms with Crippen LogP contribution in [-0.4, -0.2) is 52.6 Å². The van der Waals surface area contributed by atoms with E-state index in [1.165, 1.54) is 13.4 Å². The Labute approximate surface area is 177 Å². The number of imidazole rings is 1. The molecule has 0 radical (unpaired) electrons. The van der Waals surface area contributed by atoms with Gasteiger partial charge in [-0.3, -0.25) is 0 Å². The Morgan fingerprint density at radius 3 is 2.75 bits per heavy atom. The lowest BCUT2D eigenvalue weighted by Gasteiger charge is -2.06. The predicted molar refractivity (Wildman–Crippen MR) is 104 cm³/mol. The number of pyridine rings is 1. The second kappa shape index (κ2) is 7.28. The van der Waals surface area contributed by atoms with Gasteiger partial charge in [-0.25, -0.2) is 14.5 Å². The number of aromatic nitrogens is 8. The third-order valence-electron chi connectivity index (χ3n) is 4.87.